The fourth-order valence-electron chi connectivity index (χ4n) is 5.54. The van der Waals surface area contributed by atoms with Gasteiger partial charge >= 0.3 is 0 Å². The Labute approximate surface area is 288 Å². The van der Waals surface area contributed by atoms with Gasteiger partial charge in [-0.1, -0.05) is 73.6 Å². The number of para-hydroxylation sites is 1. The molecule has 0 amide bonds. The van der Waals surface area contributed by atoms with E-state index in [9.17, 15) is 0 Å². The summed E-state index contributed by atoms with van der Waals surface area (Å²) in [5.74, 6) is 0.888. The van der Waals surface area contributed by atoms with Crippen LogP contribution in [0.5, 0.6) is 0 Å². The number of imidazole rings is 1. The first-order chi connectivity index (χ1) is 21.9. The van der Waals surface area contributed by atoms with Gasteiger partial charge < -0.3 is 9.55 Å². The summed E-state index contributed by atoms with van der Waals surface area (Å²) in [5, 5.41) is 3.93. The van der Waals surface area contributed by atoms with Crippen LogP contribution in [0.3, 0.4) is 0 Å². The van der Waals surface area contributed by atoms with Crippen molar-refractivity contribution in [3.8, 4) is 28.3 Å². The first-order valence-electron chi connectivity index (χ1n) is 15.0. The molecule has 4 aromatic carbocycles. The van der Waals surface area contributed by atoms with Gasteiger partial charge in [0.1, 0.15) is 0 Å². The van der Waals surface area contributed by atoms with E-state index in [1.807, 2.05) is 55.7 Å². The van der Waals surface area contributed by atoms with E-state index in [1.54, 1.807) is 11.3 Å². The maximum absolute atomic E-state index is 4.99. The van der Waals surface area contributed by atoms with Gasteiger partial charge in [-0.3, -0.25) is 9.97 Å². The summed E-state index contributed by atoms with van der Waals surface area (Å²) in [5.41, 5.74) is 7.07. The first-order valence-corrected chi connectivity index (χ1v) is 19.3. The third-order valence-electron chi connectivity index (χ3n) is 7.93. The molecule has 0 bridgehead atoms. The van der Waals surface area contributed by atoms with Crippen LogP contribution in [-0.2, 0) is 20.1 Å². The molecule has 4 heterocycles. The quantitative estimate of drug-likeness (QED) is 0.132. The van der Waals surface area contributed by atoms with E-state index in [0.717, 1.165) is 45.1 Å². The molecule has 0 spiro atoms. The fraction of sp³-hybridized carbons (Fsp3) is 0.103. The molecule has 0 saturated heterocycles. The second-order valence-corrected chi connectivity index (χ2v) is 18.2. The number of fused-ring (bicyclic) bond motifs is 4. The Morgan fingerprint density at radius 3 is 2.26 bits per heavy atom. The number of hydrogen-bond donors (Lipinski definition) is 0. The van der Waals surface area contributed by atoms with Crippen molar-refractivity contribution in [2.75, 3.05) is 0 Å². The van der Waals surface area contributed by atoms with Gasteiger partial charge in [-0.05, 0) is 52.2 Å². The number of pyridine rings is 2. The normalized spacial score (nSPS) is 11.3. The van der Waals surface area contributed by atoms with Crippen LogP contribution in [0.15, 0.2) is 122 Å². The van der Waals surface area contributed by atoms with Crippen LogP contribution in [0.4, 0.5) is 0 Å². The van der Waals surface area contributed by atoms with Gasteiger partial charge in [0.15, 0.2) is 0 Å². The minimum Gasteiger partial charge on any atom is -0.332 e. The van der Waals surface area contributed by atoms with E-state index in [-0.39, 0.29) is 20.1 Å². The molecular formula is C39H32IrN4SSi-2. The van der Waals surface area contributed by atoms with Crippen molar-refractivity contribution in [1.82, 2.24) is 19.5 Å². The van der Waals surface area contributed by atoms with Crippen LogP contribution in [0.1, 0.15) is 5.69 Å². The molecule has 8 rings (SSSR count). The minimum absolute atomic E-state index is 0. The van der Waals surface area contributed by atoms with Crippen molar-refractivity contribution in [3.05, 3.63) is 139 Å². The van der Waals surface area contributed by atoms with Gasteiger partial charge in [-0.15, -0.1) is 59.7 Å². The van der Waals surface area contributed by atoms with E-state index in [1.165, 1.54) is 25.4 Å². The summed E-state index contributed by atoms with van der Waals surface area (Å²) in [4.78, 5) is 14.0. The number of nitrogens with zero attached hydrogens (tertiary/aromatic N) is 4. The topological polar surface area (TPSA) is 43.6 Å². The summed E-state index contributed by atoms with van der Waals surface area (Å²) in [7, 11) is -1.23. The molecule has 0 N–H and O–H groups in total. The standard InChI is InChI=1S/C25H16N3S.C14H16NSi.Ir/c1-16-24-21(13-14-26-16)27-25(28(24)18-7-3-2-4-8-18)17-11-12-23-20(15-17)19-9-5-6-10-22(19)29-23;1-16(2,3)13-9-10-14(15-11-13)12-7-5-4-6-8-12;/h2-10,12-15H,1H3;4-7,9-11H,1-3H3;/q2*-1;. The molecule has 0 aliphatic carbocycles. The van der Waals surface area contributed by atoms with Gasteiger partial charge in [0.2, 0.25) is 0 Å². The smallest absolute Gasteiger partial charge is 0.0851 e. The number of benzene rings is 4. The summed E-state index contributed by atoms with van der Waals surface area (Å²) in [6.45, 7) is 9.03. The van der Waals surface area contributed by atoms with E-state index < -0.39 is 8.07 Å². The Morgan fingerprint density at radius 1 is 0.739 bits per heavy atom. The fourth-order valence-corrected chi connectivity index (χ4v) is 7.64. The van der Waals surface area contributed by atoms with Crippen LogP contribution >= 0.6 is 11.3 Å². The van der Waals surface area contributed by atoms with Crippen molar-refractivity contribution >= 4 is 55.8 Å². The molecule has 1 radical (unpaired) electrons. The zero-order chi connectivity index (χ0) is 31.0. The van der Waals surface area contributed by atoms with Crippen LogP contribution in [0.2, 0.25) is 19.6 Å². The molecule has 0 unspecified atom stereocenters. The number of aromatic nitrogens is 4. The number of rotatable bonds is 4. The third-order valence-corrected chi connectivity index (χ3v) is 11.1. The second kappa shape index (κ2) is 13.2. The monoisotopic (exact) mass is 809 g/mol. The van der Waals surface area contributed by atoms with Crippen molar-refractivity contribution in [2.24, 2.45) is 0 Å². The van der Waals surface area contributed by atoms with Crippen molar-refractivity contribution < 1.29 is 20.1 Å². The molecule has 0 saturated carbocycles. The molecule has 46 heavy (non-hydrogen) atoms. The molecule has 4 aromatic heterocycles. The maximum Gasteiger partial charge on any atom is 0.0851 e. The summed E-state index contributed by atoms with van der Waals surface area (Å²) in [6, 6.07) is 44.1. The Hall–Kier alpha value is -4.26. The predicted molar refractivity (Wildman–Crippen MR) is 192 cm³/mol. The SMILES string of the molecule is C[Si](C)(C)c1ccc(-c2[c-]cccc2)nc1.Cc1nccc2nc(-c3[c-]cc4sc5ccccc5c4c3)n(-c3ccccc3)c12.[Ir]. The number of thiophene rings is 1. The maximum atomic E-state index is 4.99. The van der Waals surface area contributed by atoms with Crippen molar-refractivity contribution in [3.63, 3.8) is 0 Å². The van der Waals surface area contributed by atoms with Crippen LogP contribution in [0.25, 0.3) is 59.5 Å². The number of aryl methyl sites for hydroxylation is 1. The van der Waals surface area contributed by atoms with E-state index in [0.29, 0.717) is 0 Å². The predicted octanol–water partition coefficient (Wildman–Crippen LogP) is 9.66. The molecule has 0 atom stereocenters. The van der Waals surface area contributed by atoms with Crippen LogP contribution < -0.4 is 5.19 Å². The van der Waals surface area contributed by atoms with Gasteiger partial charge in [-0.25, -0.2) is 0 Å². The third kappa shape index (κ3) is 6.24. The Kier molecular flexibility index (Phi) is 9.12. The molecule has 229 valence electrons. The summed E-state index contributed by atoms with van der Waals surface area (Å²) >= 11 is 1.81. The van der Waals surface area contributed by atoms with E-state index in [2.05, 4.69) is 119 Å². The zero-order valence-electron chi connectivity index (χ0n) is 26.1. The first kappa shape index (κ1) is 31.7. The molecular weight excluding hydrogens is 777 g/mol. The molecule has 0 aliphatic heterocycles. The molecule has 0 fully saturated rings. The van der Waals surface area contributed by atoms with E-state index >= 15 is 0 Å². The second-order valence-electron chi connectivity index (χ2n) is 12.1. The summed E-state index contributed by atoms with van der Waals surface area (Å²) in [6.07, 6.45) is 3.84. The van der Waals surface area contributed by atoms with Crippen LogP contribution in [-0.4, -0.2) is 27.6 Å². The Balaban J connectivity index is 0.000000187. The van der Waals surface area contributed by atoms with Crippen LogP contribution in [0, 0.1) is 19.1 Å². The molecule has 4 nitrogen and oxygen atoms in total. The summed E-state index contributed by atoms with van der Waals surface area (Å²) < 4.78 is 4.74. The molecule has 7 heteroatoms. The number of hydrogen-bond acceptors (Lipinski definition) is 4. The zero-order valence-corrected chi connectivity index (χ0v) is 30.3. The van der Waals surface area contributed by atoms with Gasteiger partial charge in [0.05, 0.1) is 30.6 Å². The average Bonchev–Trinajstić information content (AvgIpc) is 3.65. The molecule has 8 aromatic rings. The molecule has 0 aliphatic rings. The van der Waals surface area contributed by atoms with Gasteiger partial charge in [0.25, 0.3) is 0 Å². The van der Waals surface area contributed by atoms with E-state index in [4.69, 9.17) is 4.98 Å². The average molecular weight is 809 g/mol. The van der Waals surface area contributed by atoms with Gasteiger partial charge in [0, 0.05) is 42.9 Å². The minimum atomic E-state index is -1.23. The Bertz CT molecular complexity index is 2250. The van der Waals surface area contributed by atoms with Gasteiger partial charge in [-0.2, -0.15) is 11.3 Å². The Morgan fingerprint density at radius 2 is 1.52 bits per heavy atom. The van der Waals surface area contributed by atoms with Crippen molar-refractivity contribution in [2.45, 2.75) is 26.6 Å². The largest absolute Gasteiger partial charge is 0.332 e. The van der Waals surface area contributed by atoms with Crippen molar-refractivity contribution in [1.29, 1.82) is 0 Å².